The summed E-state index contributed by atoms with van der Waals surface area (Å²) >= 11 is 0. The van der Waals surface area contributed by atoms with Crippen LogP contribution in [0.2, 0.25) is 0 Å². The number of ether oxygens (including phenoxy) is 1. The molecular weight excluding hydrogens is 609 g/mol. The molecule has 2 aromatic heterocycles. The van der Waals surface area contributed by atoms with Gasteiger partial charge in [-0.3, -0.25) is 14.1 Å². The van der Waals surface area contributed by atoms with E-state index in [-0.39, 0.29) is 11.8 Å². The Labute approximate surface area is 268 Å². The molecule has 3 saturated heterocycles. The van der Waals surface area contributed by atoms with Gasteiger partial charge in [0.2, 0.25) is 16.0 Å². The van der Waals surface area contributed by atoms with Crippen LogP contribution >= 0.6 is 0 Å². The number of hydrogen-bond acceptors (Lipinski definition) is 10. The molecule has 12 nitrogen and oxygen atoms in total. The van der Waals surface area contributed by atoms with E-state index in [0.29, 0.717) is 46.3 Å². The van der Waals surface area contributed by atoms with Crippen LogP contribution in [0.4, 0.5) is 38.9 Å². The molecule has 2 aromatic carbocycles. The molecule has 0 atom stereocenters. The number of anilines is 6. The van der Waals surface area contributed by atoms with Gasteiger partial charge in [0, 0.05) is 64.2 Å². The molecule has 0 bridgehead atoms. The third-order valence-corrected chi connectivity index (χ3v) is 10.6. The van der Waals surface area contributed by atoms with E-state index in [1.807, 2.05) is 24.3 Å². The maximum atomic E-state index is 15.5. The van der Waals surface area contributed by atoms with Gasteiger partial charge in [0.15, 0.2) is 0 Å². The van der Waals surface area contributed by atoms with Crippen LogP contribution in [0, 0.1) is 5.82 Å². The fourth-order valence-electron chi connectivity index (χ4n) is 6.60. The van der Waals surface area contributed by atoms with Gasteiger partial charge in [0.1, 0.15) is 17.3 Å². The Balaban J connectivity index is 1.02. The van der Waals surface area contributed by atoms with Gasteiger partial charge < -0.3 is 25.3 Å². The van der Waals surface area contributed by atoms with Gasteiger partial charge in [0.05, 0.1) is 48.0 Å². The van der Waals surface area contributed by atoms with Gasteiger partial charge in [-0.05, 0) is 49.2 Å². The zero-order chi connectivity index (χ0) is 31.8. The van der Waals surface area contributed by atoms with Gasteiger partial charge in [-0.1, -0.05) is 12.1 Å². The summed E-state index contributed by atoms with van der Waals surface area (Å²) in [5.41, 5.74) is 2.75. The van der Waals surface area contributed by atoms with E-state index in [0.717, 1.165) is 77.0 Å². The Bertz CT molecular complexity index is 1800. The number of nitrogens with one attached hydrogen (secondary N) is 3. The summed E-state index contributed by atoms with van der Waals surface area (Å²) in [7, 11) is -1.98. The second-order valence-electron chi connectivity index (χ2n) is 12.3. The fourth-order valence-corrected chi connectivity index (χ4v) is 7.11. The Hall–Kier alpha value is -3.98. The second kappa shape index (κ2) is 12.7. The lowest BCUT2D eigenvalue weighted by Gasteiger charge is -2.46. The number of nitrogens with zero attached hydrogens (tertiary/aromatic N) is 6. The standard InChI is InChI=1S/C32H40FN9O3S/c1-39(46(2,43)44)29-6-4-3-5-27(29)36-31-25-9-12-34-30(25)37-32(38-31)35-22-7-8-28(26(33)19-22)42-13-10-23(11-14-42)40-15-17-41(18-16-40)24-20-45-21-24/h3-9,12,19,23-24H,10-11,13-18,20-21H2,1-2H3,(H3,34,35,36,37,38). The van der Waals surface area contributed by atoms with Crippen molar-refractivity contribution in [1.29, 1.82) is 0 Å². The molecule has 14 heteroatoms. The van der Waals surface area contributed by atoms with E-state index in [1.165, 1.54) is 17.4 Å². The highest BCUT2D eigenvalue weighted by Crippen LogP contribution is 2.33. The highest BCUT2D eigenvalue weighted by Gasteiger charge is 2.32. The van der Waals surface area contributed by atoms with Crippen molar-refractivity contribution in [3.05, 3.63) is 60.5 Å². The average Bonchev–Trinajstić information content (AvgIpc) is 3.50. The summed E-state index contributed by atoms with van der Waals surface area (Å²) in [5.74, 6) is 0.447. The van der Waals surface area contributed by atoms with Crippen molar-refractivity contribution in [2.24, 2.45) is 0 Å². The van der Waals surface area contributed by atoms with Crippen molar-refractivity contribution < 1.29 is 17.5 Å². The number of halogens is 1. The summed E-state index contributed by atoms with van der Waals surface area (Å²) in [5, 5.41) is 7.15. The number of aromatic amines is 1. The van der Waals surface area contributed by atoms with Crippen molar-refractivity contribution in [3.8, 4) is 0 Å². The van der Waals surface area contributed by atoms with E-state index in [1.54, 1.807) is 24.4 Å². The van der Waals surface area contributed by atoms with E-state index in [2.05, 4.69) is 40.3 Å². The maximum Gasteiger partial charge on any atom is 0.232 e. The molecule has 244 valence electrons. The quantitative estimate of drug-likeness (QED) is 0.246. The van der Waals surface area contributed by atoms with E-state index in [4.69, 9.17) is 4.74 Å². The first-order valence-electron chi connectivity index (χ1n) is 15.8. The number of para-hydroxylation sites is 2. The van der Waals surface area contributed by atoms with Crippen LogP contribution in [0.3, 0.4) is 0 Å². The molecule has 3 aliphatic heterocycles. The molecule has 0 spiro atoms. The number of fused-ring (bicyclic) bond motifs is 1. The number of hydrogen-bond donors (Lipinski definition) is 3. The minimum absolute atomic E-state index is 0.268. The predicted molar refractivity (Wildman–Crippen MR) is 180 cm³/mol. The minimum Gasteiger partial charge on any atom is -0.378 e. The van der Waals surface area contributed by atoms with E-state index in [9.17, 15) is 8.42 Å². The summed E-state index contributed by atoms with van der Waals surface area (Å²) in [6.45, 7) is 7.76. The monoisotopic (exact) mass is 649 g/mol. The molecule has 0 unspecified atom stereocenters. The summed E-state index contributed by atoms with van der Waals surface area (Å²) < 4.78 is 46.6. The van der Waals surface area contributed by atoms with Crippen molar-refractivity contribution in [1.82, 2.24) is 24.8 Å². The Morgan fingerprint density at radius 1 is 0.935 bits per heavy atom. The van der Waals surface area contributed by atoms with Gasteiger partial charge in [-0.25, -0.2) is 12.8 Å². The molecule has 7 rings (SSSR count). The number of piperidine rings is 1. The van der Waals surface area contributed by atoms with Crippen LogP contribution in [0.5, 0.6) is 0 Å². The fraction of sp³-hybridized carbons (Fsp3) is 0.438. The maximum absolute atomic E-state index is 15.5. The predicted octanol–water partition coefficient (Wildman–Crippen LogP) is 3.97. The number of H-pyrrole nitrogens is 1. The molecule has 0 radical (unpaired) electrons. The molecule has 4 aromatic rings. The lowest BCUT2D eigenvalue weighted by atomic mass is 10.0. The molecule has 0 amide bonds. The highest BCUT2D eigenvalue weighted by molar-refractivity contribution is 7.92. The third kappa shape index (κ3) is 6.34. The summed E-state index contributed by atoms with van der Waals surface area (Å²) in [6, 6.07) is 15.2. The first kappa shape index (κ1) is 30.7. The summed E-state index contributed by atoms with van der Waals surface area (Å²) in [4.78, 5) is 19.7. The number of benzene rings is 2. The molecule has 3 aliphatic rings. The number of rotatable bonds is 9. The van der Waals surface area contributed by atoms with Gasteiger partial charge in [0.25, 0.3) is 0 Å². The zero-order valence-corrected chi connectivity index (χ0v) is 26.9. The Morgan fingerprint density at radius 2 is 1.65 bits per heavy atom. The topological polar surface area (TPSA) is 122 Å². The van der Waals surface area contributed by atoms with E-state index >= 15 is 4.39 Å². The SMILES string of the molecule is CN(c1ccccc1Nc1nc(Nc2ccc(N3CCC(N4CCN(C5COC5)CC4)CC3)c(F)c2)nc2[nH]ccc12)S(C)(=O)=O. The van der Waals surface area contributed by atoms with Crippen LogP contribution in [0.25, 0.3) is 11.0 Å². The molecule has 5 heterocycles. The Kier molecular flexibility index (Phi) is 8.44. The Morgan fingerprint density at radius 3 is 2.33 bits per heavy atom. The molecular formula is C32H40FN9O3S. The van der Waals surface area contributed by atoms with Crippen molar-refractivity contribution in [2.45, 2.75) is 24.9 Å². The molecule has 3 N–H and O–H groups in total. The molecule has 0 aliphatic carbocycles. The molecule has 3 fully saturated rings. The zero-order valence-electron chi connectivity index (χ0n) is 26.1. The van der Waals surface area contributed by atoms with Crippen LogP contribution < -0.4 is 19.8 Å². The normalized spacial score (nSPS) is 18.9. The van der Waals surface area contributed by atoms with Crippen LogP contribution in [0.15, 0.2) is 54.7 Å². The number of piperazine rings is 1. The smallest absolute Gasteiger partial charge is 0.232 e. The van der Waals surface area contributed by atoms with Crippen LogP contribution in [-0.4, -0.2) is 111 Å². The second-order valence-corrected chi connectivity index (χ2v) is 14.3. The number of sulfonamides is 1. The third-order valence-electron chi connectivity index (χ3n) is 9.42. The van der Waals surface area contributed by atoms with Crippen LogP contribution in [-0.2, 0) is 14.8 Å². The van der Waals surface area contributed by atoms with Crippen molar-refractivity contribution in [2.75, 3.05) is 85.6 Å². The number of aromatic nitrogens is 3. The van der Waals surface area contributed by atoms with Crippen LogP contribution in [0.1, 0.15) is 12.8 Å². The lowest BCUT2D eigenvalue weighted by molar-refractivity contribution is -0.0803. The van der Waals surface area contributed by atoms with Gasteiger partial charge in [-0.2, -0.15) is 9.97 Å². The van der Waals surface area contributed by atoms with Crippen molar-refractivity contribution >= 4 is 55.6 Å². The van der Waals surface area contributed by atoms with Gasteiger partial charge in [-0.15, -0.1) is 0 Å². The minimum atomic E-state index is -3.48. The lowest BCUT2D eigenvalue weighted by Crippen LogP contribution is -2.59. The van der Waals surface area contributed by atoms with E-state index < -0.39 is 10.0 Å². The first-order chi connectivity index (χ1) is 22.2. The highest BCUT2D eigenvalue weighted by atomic mass is 32.2. The van der Waals surface area contributed by atoms with Crippen molar-refractivity contribution in [3.63, 3.8) is 0 Å². The molecule has 0 saturated carbocycles. The largest absolute Gasteiger partial charge is 0.378 e. The summed E-state index contributed by atoms with van der Waals surface area (Å²) in [6.07, 6.45) is 4.96. The van der Waals surface area contributed by atoms with Gasteiger partial charge >= 0.3 is 0 Å². The first-order valence-corrected chi connectivity index (χ1v) is 17.6. The average molecular weight is 650 g/mol. The molecule has 46 heavy (non-hydrogen) atoms.